The van der Waals surface area contributed by atoms with Gasteiger partial charge in [-0.3, -0.25) is 9.59 Å². The van der Waals surface area contributed by atoms with Gasteiger partial charge in [0, 0.05) is 28.9 Å². The van der Waals surface area contributed by atoms with Crippen LogP contribution in [0.15, 0.2) is 79.1 Å². The van der Waals surface area contributed by atoms with Crippen LogP contribution in [0.1, 0.15) is 21.5 Å². The van der Waals surface area contributed by atoms with Crippen LogP contribution >= 0.6 is 0 Å². The van der Waals surface area contributed by atoms with E-state index in [9.17, 15) is 9.59 Å². The minimum absolute atomic E-state index is 0.0306. The van der Waals surface area contributed by atoms with Gasteiger partial charge in [0.2, 0.25) is 6.54 Å². The molecule has 0 aliphatic heterocycles. The van der Waals surface area contributed by atoms with Crippen molar-refractivity contribution in [3.8, 4) is 0 Å². The Balaban J connectivity index is 1.64. The fourth-order valence-corrected chi connectivity index (χ4v) is 2.56. The third-order valence-corrected chi connectivity index (χ3v) is 3.82. The number of amides is 1. The van der Waals surface area contributed by atoms with Crippen molar-refractivity contribution in [2.45, 2.75) is 13.5 Å². The Hall–Kier alpha value is -3.27. The van der Waals surface area contributed by atoms with E-state index >= 15 is 0 Å². The van der Waals surface area contributed by atoms with E-state index in [-0.39, 0.29) is 18.2 Å². The molecule has 0 saturated carbocycles. The van der Waals surface area contributed by atoms with Gasteiger partial charge in [0.15, 0.2) is 18.2 Å². The number of aryl methyl sites for hydroxylation is 1. The van der Waals surface area contributed by atoms with E-state index in [1.165, 1.54) is 0 Å². The molecule has 4 nitrogen and oxygen atoms in total. The monoisotopic (exact) mass is 331 g/mol. The first-order chi connectivity index (χ1) is 12.1. The summed E-state index contributed by atoms with van der Waals surface area (Å²) in [4.78, 5) is 24.5. The van der Waals surface area contributed by atoms with Crippen molar-refractivity contribution < 1.29 is 14.2 Å². The van der Waals surface area contributed by atoms with Crippen LogP contribution in [0.4, 0.5) is 5.69 Å². The summed E-state index contributed by atoms with van der Waals surface area (Å²) in [5.41, 5.74) is 3.12. The first-order valence-electron chi connectivity index (χ1n) is 8.07. The maximum atomic E-state index is 12.4. The molecule has 1 heterocycles. The second kappa shape index (κ2) is 7.53. The average Bonchev–Trinajstić information content (AvgIpc) is 2.62. The molecule has 3 aromatic rings. The quantitative estimate of drug-likeness (QED) is 0.577. The summed E-state index contributed by atoms with van der Waals surface area (Å²) in [5, 5.41) is 2.87. The van der Waals surface area contributed by atoms with E-state index in [1.807, 2.05) is 49.4 Å². The van der Waals surface area contributed by atoms with Gasteiger partial charge >= 0.3 is 0 Å². The van der Waals surface area contributed by atoms with Crippen LogP contribution in [0, 0.1) is 6.92 Å². The number of nitrogens with one attached hydrogen (secondary N) is 1. The number of benzene rings is 2. The summed E-state index contributed by atoms with van der Waals surface area (Å²) < 4.78 is 1.74. The number of hydrogen-bond acceptors (Lipinski definition) is 2. The molecule has 1 N–H and O–H groups in total. The predicted octanol–water partition coefficient (Wildman–Crippen LogP) is 3.15. The number of nitrogens with zero attached hydrogens (tertiary/aromatic N) is 1. The summed E-state index contributed by atoms with van der Waals surface area (Å²) in [6, 6.07) is 20.3. The summed E-state index contributed by atoms with van der Waals surface area (Å²) in [7, 11) is 0. The van der Waals surface area contributed by atoms with Crippen LogP contribution in [0.3, 0.4) is 0 Å². The highest BCUT2D eigenvalue weighted by atomic mass is 16.2. The van der Waals surface area contributed by atoms with Crippen LogP contribution in [-0.2, 0) is 11.3 Å². The summed E-state index contributed by atoms with van der Waals surface area (Å²) in [5.74, 6) is -0.144. The largest absolute Gasteiger partial charge is 0.321 e. The van der Waals surface area contributed by atoms with Crippen LogP contribution in [-0.4, -0.2) is 11.7 Å². The average molecular weight is 331 g/mol. The second-order valence-electron chi connectivity index (χ2n) is 5.87. The van der Waals surface area contributed by atoms with Crippen molar-refractivity contribution >= 4 is 17.4 Å². The molecule has 0 fully saturated rings. The summed E-state index contributed by atoms with van der Waals surface area (Å²) >= 11 is 0. The van der Waals surface area contributed by atoms with Crippen LogP contribution in [0.25, 0.3) is 0 Å². The first kappa shape index (κ1) is 16.6. The summed E-state index contributed by atoms with van der Waals surface area (Å²) in [6.07, 6.45) is 3.48. The van der Waals surface area contributed by atoms with E-state index in [4.69, 9.17) is 0 Å². The number of carbonyl (C=O) groups excluding carboxylic acids is 2. The second-order valence-corrected chi connectivity index (χ2v) is 5.87. The summed E-state index contributed by atoms with van der Waals surface area (Å²) in [6.45, 7) is 2.17. The molecular weight excluding hydrogens is 312 g/mol. The van der Waals surface area contributed by atoms with Gasteiger partial charge in [-0.25, -0.2) is 0 Å². The number of pyridine rings is 1. The molecular formula is C21H19N2O2+. The Morgan fingerprint density at radius 3 is 2.24 bits per heavy atom. The highest BCUT2D eigenvalue weighted by molar-refractivity contribution is 6.08. The number of hydrogen-bond donors (Lipinski definition) is 1. The lowest BCUT2D eigenvalue weighted by Crippen LogP contribution is -2.39. The van der Waals surface area contributed by atoms with Gasteiger partial charge in [-0.05, 0) is 24.6 Å². The Morgan fingerprint density at radius 1 is 0.880 bits per heavy atom. The smallest absolute Gasteiger partial charge is 0.290 e. The van der Waals surface area contributed by atoms with Gasteiger partial charge in [-0.1, -0.05) is 42.5 Å². The molecule has 0 aliphatic rings. The van der Waals surface area contributed by atoms with E-state index in [0.29, 0.717) is 11.1 Å². The number of rotatable bonds is 5. The topological polar surface area (TPSA) is 50.1 Å². The van der Waals surface area contributed by atoms with Crippen molar-refractivity contribution in [1.82, 2.24) is 0 Å². The van der Waals surface area contributed by atoms with Gasteiger partial charge in [0.05, 0.1) is 0 Å². The zero-order valence-corrected chi connectivity index (χ0v) is 14.0. The molecule has 1 aromatic heterocycles. The molecule has 0 aliphatic carbocycles. The molecule has 0 radical (unpaired) electrons. The number of aromatic nitrogens is 1. The molecule has 3 rings (SSSR count). The Labute approximate surface area is 146 Å². The lowest BCUT2D eigenvalue weighted by atomic mass is 10.0. The van der Waals surface area contributed by atoms with Gasteiger partial charge in [0.1, 0.15) is 0 Å². The maximum absolute atomic E-state index is 12.4. The normalized spacial score (nSPS) is 10.3. The fraction of sp³-hybridized carbons (Fsp3) is 0.0952. The number of carbonyl (C=O) groups is 2. The molecule has 4 heteroatoms. The molecule has 0 bridgehead atoms. The van der Waals surface area contributed by atoms with Crippen molar-refractivity contribution in [3.63, 3.8) is 0 Å². The van der Waals surface area contributed by atoms with Gasteiger partial charge in [-0.2, -0.15) is 4.57 Å². The zero-order valence-electron chi connectivity index (χ0n) is 14.0. The fourth-order valence-electron chi connectivity index (χ4n) is 2.56. The van der Waals surface area contributed by atoms with Crippen LogP contribution < -0.4 is 9.88 Å². The van der Waals surface area contributed by atoms with Crippen LogP contribution in [0.5, 0.6) is 0 Å². The molecule has 0 atom stereocenters. The van der Waals surface area contributed by atoms with Crippen molar-refractivity contribution in [3.05, 3.63) is 95.8 Å². The molecule has 1 amide bonds. The highest BCUT2D eigenvalue weighted by Gasteiger charge is 2.13. The molecule has 0 spiro atoms. The number of anilines is 1. The lowest BCUT2D eigenvalue weighted by Gasteiger charge is -2.04. The Morgan fingerprint density at radius 2 is 1.56 bits per heavy atom. The van der Waals surface area contributed by atoms with Crippen LogP contribution in [0.2, 0.25) is 0 Å². The zero-order chi connectivity index (χ0) is 17.6. The van der Waals surface area contributed by atoms with Crippen molar-refractivity contribution in [2.75, 3.05) is 5.32 Å². The van der Waals surface area contributed by atoms with Gasteiger partial charge in [0.25, 0.3) is 5.91 Å². The van der Waals surface area contributed by atoms with Crippen molar-refractivity contribution in [1.29, 1.82) is 0 Å². The standard InChI is InChI=1S/C21H18N2O2/c1-16-6-5-9-19(14-16)22-20(24)15-23-12-10-18(11-13-23)21(25)17-7-3-2-4-8-17/h2-14H,15H2,1H3/p+1. The molecule has 124 valence electrons. The lowest BCUT2D eigenvalue weighted by molar-refractivity contribution is -0.684. The van der Waals surface area contributed by atoms with E-state index < -0.39 is 0 Å². The Bertz CT molecular complexity index is 887. The Kier molecular flexibility index (Phi) is 5.00. The van der Waals surface area contributed by atoms with Gasteiger partial charge in [-0.15, -0.1) is 0 Å². The SMILES string of the molecule is Cc1cccc(NC(=O)C[n+]2ccc(C(=O)c3ccccc3)cc2)c1. The third-order valence-electron chi connectivity index (χ3n) is 3.82. The molecule has 2 aromatic carbocycles. The first-order valence-corrected chi connectivity index (χ1v) is 8.07. The van der Waals surface area contributed by atoms with E-state index in [2.05, 4.69) is 5.32 Å². The van der Waals surface area contributed by atoms with E-state index in [0.717, 1.165) is 11.3 Å². The molecule has 25 heavy (non-hydrogen) atoms. The van der Waals surface area contributed by atoms with Gasteiger partial charge < -0.3 is 5.32 Å². The van der Waals surface area contributed by atoms with E-state index in [1.54, 1.807) is 41.2 Å². The highest BCUT2D eigenvalue weighted by Crippen LogP contribution is 2.10. The molecule has 0 saturated heterocycles. The third kappa shape index (κ3) is 4.38. The predicted molar refractivity (Wildman–Crippen MR) is 96.3 cm³/mol. The minimum atomic E-state index is -0.113. The van der Waals surface area contributed by atoms with Crippen molar-refractivity contribution in [2.24, 2.45) is 0 Å². The number of ketones is 1. The maximum Gasteiger partial charge on any atom is 0.290 e. The minimum Gasteiger partial charge on any atom is -0.321 e. The molecule has 0 unspecified atom stereocenters.